The molecule has 410 valence electrons. The number of aliphatic imine (C=N–C) groups is 1. The number of H-pyrrole nitrogens is 1. The van der Waals surface area contributed by atoms with Gasteiger partial charge in [0.25, 0.3) is 0 Å². The topological polar surface area (TPSA) is 409 Å². The Labute approximate surface area is 452 Å². The van der Waals surface area contributed by atoms with E-state index in [2.05, 4.69) is 46.9 Å². The molecule has 26 heteroatoms. The quantitative estimate of drug-likeness (QED) is 0.0166. The SMILES string of the molecule is CC[C@H](C)[C@H](NC(=O)[C@H](Cc1ccc(O)cc1)NC(=O)[C@@H](NC(=O)[C@H](CCCN=C(N)N)NC(=O)[C@@H](N)CC(=O)O)C(C)C)C(=O)N[C@@H](Cc1cnc[nH]1)C(=O)N1CCC[C@H]1C(=O)N[C@@H](Cc1ccccc1)C(=O)O.[Zn]. The standard InChI is InChI=1S/C50H71N13O12.Zn/c1-5-28(4)41(47(72)59-36(23-31-25-54-26-56-31)48(73)63-20-10-14-38(63)45(70)60-37(49(74)75)22-29-11-7-6-8-12-29)62-44(69)35(21-30-15-17-32(64)18-16-30)58-46(71)40(27(2)3)61-43(68)34(13-9-19-55-50(52)53)57-42(67)33(51)24-39(65)66;/h6-8,11-12,15-18,25-28,33-38,40-41,64H,5,9-10,13-14,19-24,51H2,1-4H3,(H,54,56)(H,57,67)(H,58,71)(H,59,72)(H,60,70)(H,61,68)(H,62,69)(H,65,66)(H,74,75)(H4,52,53,55);/t28-,33-,34-,35-,36-,37-,38-,40-,41-;/m0./s1. The van der Waals surface area contributed by atoms with Crippen LogP contribution in [0, 0.1) is 11.8 Å². The molecule has 1 aliphatic rings. The van der Waals surface area contributed by atoms with Gasteiger partial charge in [-0.1, -0.05) is 76.6 Å². The molecule has 0 saturated carbocycles. The summed E-state index contributed by atoms with van der Waals surface area (Å²) in [6.45, 7) is 6.90. The van der Waals surface area contributed by atoms with Crippen LogP contribution in [0.3, 0.4) is 0 Å². The summed E-state index contributed by atoms with van der Waals surface area (Å²) in [7, 11) is 0. The van der Waals surface area contributed by atoms with Gasteiger partial charge in [-0.05, 0) is 60.8 Å². The van der Waals surface area contributed by atoms with E-state index < -0.39 is 120 Å². The number of hydrogen-bond acceptors (Lipinski definition) is 13. The first-order chi connectivity index (χ1) is 35.6. The first-order valence-corrected chi connectivity index (χ1v) is 24.8. The van der Waals surface area contributed by atoms with Gasteiger partial charge in [-0.25, -0.2) is 9.78 Å². The number of amides is 7. The summed E-state index contributed by atoms with van der Waals surface area (Å²) >= 11 is 0. The molecule has 4 rings (SSSR count). The monoisotopic (exact) mass is 1110 g/mol. The van der Waals surface area contributed by atoms with Crippen LogP contribution in [0.1, 0.15) is 83.0 Å². The van der Waals surface area contributed by atoms with Crippen molar-refractivity contribution in [3.8, 4) is 5.75 Å². The minimum Gasteiger partial charge on any atom is -0.508 e. The molecule has 0 bridgehead atoms. The molecule has 0 radical (unpaired) electrons. The average molecular weight is 1110 g/mol. The van der Waals surface area contributed by atoms with Crippen molar-refractivity contribution >= 4 is 59.2 Å². The van der Waals surface area contributed by atoms with Gasteiger partial charge in [0.15, 0.2) is 5.96 Å². The molecule has 7 amide bonds. The Balaban J connectivity index is 0.0000152. The van der Waals surface area contributed by atoms with Crippen molar-refractivity contribution in [1.82, 2.24) is 46.8 Å². The third-order valence-electron chi connectivity index (χ3n) is 12.7. The summed E-state index contributed by atoms with van der Waals surface area (Å²) in [5, 5.41) is 45.1. The molecule has 3 aromatic rings. The number of phenols is 1. The fourth-order valence-electron chi connectivity index (χ4n) is 8.31. The van der Waals surface area contributed by atoms with Gasteiger partial charge in [-0.15, -0.1) is 0 Å². The number of aliphatic carboxylic acids is 2. The zero-order valence-electron chi connectivity index (χ0n) is 43.2. The zero-order chi connectivity index (χ0) is 55.4. The van der Waals surface area contributed by atoms with E-state index in [-0.39, 0.29) is 82.8 Å². The van der Waals surface area contributed by atoms with Gasteiger partial charge in [-0.3, -0.25) is 43.3 Å². The summed E-state index contributed by atoms with van der Waals surface area (Å²) in [6.07, 6.45) is 2.92. The second-order valence-corrected chi connectivity index (χ2v) is 18.9. The van der Waals surface area contributed by atoms with Crippen molar-refractivity contribution in [3.05, 3.63) is 83.9 Å². The molecular formula is C50H71N13O12Zn. The molecular weight excluding hydrogens is 1040 g/mol. The summed E-state index contributed by atoms with van der Waals surface area (Å²) in [5.74, 6) is -9.64. The zero-order valence-corrected chi connectivity index (χ0v) is 46.2. The van der Waals surface area contributed by atoms with Crippen LogP contribution in [0.25, 0.3) is 0 Å². The predicted molar refractivity (Wildman–Crippen MR) is 273 cm³/mol. The Kier molecular flexibility index (Phi) is 25.5. The molecule has 16 N–H and O–H groups in total. The normalized spacial score (nSPS) is 16.1. The van der Waals surface area contributed by atoms with Gasteiger partial charge in [0, 0.05) is 63.7 Å². The number of imidazole rings is 1. The second-order valence-electron chi connectivity index (χ2n) is 18.9. The molecule has 0 aliphatic carbocycles. The number of nitrogens with zero attached hydrogens (tertiary/aromatic N) is 3. The Bertz CT molecular complexity index is 2460. The molecule has 76 heavy (non-hydrogen) atoms. The van der Waals surface area contributed by atoms with E-state index in [4.69, 9.17) is 17.2 Å². The molecule has 1 saturated heterocycles. The van der Waals surface area contributed by atoms with Crippen molar-refractivity contribution in [1.29, 1.82) is 0 Å². The van der Waals surface area contributed by atoms with E-state index in [1.165, 1.54) is 41.7 Å². The van der Waals surface area contributed by atoms with Gasteiger partial charge < -0.3 is 74.3 Å². The minimum absolute atomic E-state index is 0. The number of aromatic amines is 1. The fraction of sp³-hybridized carbons (Fsp3) is 0.500. The molecule has 1 fully saturated rings. The first-order valence-electron chi connectivity index (χ1n) is 24.8. The summed E-state index contributed by atoms with van der Waals surface area (Å²) in [6, 6.07) is 3.95. The van der Waals surface area contributed by atoms with E-state index in [0.29, 0.717) is 29.7 Å². The van der Waals surface area contributed by atoms with Gasteiger partial charge >= 0.3 is 11.9 Å². The Morgan fingerprint density at radius 2 is 1.34 bits per heavy atom. The molecule has 2 heterocycles. The number of carbonyl (C=O) groups excluding carboxylic acids is 7. The minimum atomic E-state index is -1.51. The fourth-order valence-corrected chi connectivity index (χ4v) is 8.31. The van der Waals surface area contributed by atoms with E-state index in [1.807, 2.05) is 0 Å². The maximum absolute atomic E-state index is 14.6. The van der Waals surface area contributed by atoms with Gasteiger partial charge in [0.1, 0.15) is 48.0 Å². The van der Waals surface area contributed by atoms with E-state index in [9.17, 15) is 58.5 Å². The number of guanidine groups is 1. The van der Waals surface area contributed by atoms with Crippen LogP contribution in [0.15, 0.2) is 72.1 Å². The summed E-state index contributed by atoms with van der Waals surface area (Å²) < 4.78 is 0. The first kappa shape index (κ1) is 62.8. The van der Waals surface area contributed by atoms with Gasteiger partial charge in [-0.2, -0.15) is 0 Å². The number of rotatable bonds is 29. The average Bonchev–Trinajstić information content (AvgIpc) is 4.08. The molecule has 1 aliphatic heterocycles. The van der Waals surface area contributed by atoms with Crippen molar-refractivity contribution in [3.63, 3.8) is 0 Å². The molecule has 2 aromatic carbocycles. The van der Waals surface area contributed by atoms with Crippen molar-refractivity contribution < 1.29 is 77.9 Å². The third kappa shape index (κ3) is 19.7. The van der Waals surface area contributed by atoms with E-state index in [1.54, 1.807) is 58.0 Å². The predicted octanol–water partition coefficient (Wildman–Crippen LogP) is -1.32. The Morgan fingerprint density at radius 1 is 0.750 bits per heavy atom. The van der Waals surface area contributed by atoms with Crippen LogP contribution < -0.4 is 49.1 Å². The maximum atomic E-state index is 14.6. The Hall–Kier alpha value is -7.47. The Morgan fingerprint density at radius 3 is 1.93 bits per heavy atom. The van der Waals surface area contributed by atoms with Crippen LogP contribution in [0.2, 0.25) is 0 Å². The van der Waals surface area contributed by atoms with E-state index >= 15 is 0 Å². The number of aromatic nitrogens is 2. The third-order valence-corrected chi connectivity index (χ3v) is 12.7. The van der Waals surface area contributed by atoms with Crippen molar-refractivity contribution in [2.75, 3.05) is 13.1 Å². The molecule has 25 nitrogen and oxygen atoms in total. The molecule has 0 spiro atoms. The van der Waals surface area contributed by atoms with Crippen LogP contribution in [0.5, 0.6) is 5.75 Å². The number of benzene rings is 2. The van der Waals surface area contributed by atoms with Crippen LogP contribution >= 0.6 is 0 Å². The largest absolute Gasteiger partial charge is 0.508 e. The van der Waals surface area contributed by atoms with Crippen molar-refractivity contribution in [2.45, 2.75) is 134 Å². The number of carboxylic acids is 2. The number of nitrogens with two attached hydrogens (primary N) is 3. The van der Waals surface area contributed by atoms with E-state index in [0.717, 1.165) is 0 Å². The van der Waals surface area contributed by atoms with Crippen LogP contribution in [-0.2, 0) is 81.9 Å². The van der Waals surface area contributed by atoms with Gasteiger partial charge in [0.05, 0.1) is 18.8 Å². The number of phenolic OH excluding ortho intramolecular Hbond substituents is 1. The molecule has 9 atom stereocenters. The van der Waals surface area contributed by atoms with Crippen LogP contribution in [-0.4, -0.2) is 151 Å². The molecule has 0 unspecified atom stereocenters. The number of likely N-dealkylation sites (tertiary alicyclic amines) is 1. The van der Waals surface area contributed by atoms with Crippen LogP contribution in [0.4, 0.5) is 0 Å². The summed E-state index contributed by atoms with van der Waals surface area (Å²) in [4.78, 5) is 134. The van der Waals surface area contributed by atoms with Crippen molar-refractivity contribution in [2.24, 2.45) is 34.0 Å². The smallest absolute Gasteiger partial charge is 0.326 e. The number of nitrogens with one attached hydrogen (secondary N) is 7. The number of aromatic hydroxyl groups is 1. The second kappa shape index (κ2) is 30.8. The summed E-state index contributed by atoms with van der Waals surface area (Å²) in [5.41, 5.74) is 18.2. The molecule has 1 aromatic heterocycles. The number of carboxylic acid groups (broad SMARTS) is 2. The number of carbonyl (C=O) groups is 9. The number of hydrogen-bond donors (Lipinski definition) is 13. The van der Waals surface area contributed by atoms with Gasteiger partial charge in [0.2, 0.25) is 41.4 Å². The maximum Gasteiger partial charge on any atom is 0.326 e.